The maximum atomic E-state index is 11.9. The summed E-state index contributed by atoms with van der Waals surface area (Å²) in [5, 5.41) is 6.43. The van der Waals surface area contributed by atoms with Gasteiger partial charge in [0.1, 0.15) is 0 Å². The van der Waals surface area contributed by atoms with Gasteiger partial charge in [0, 0.05) is 30.5 Å². The van der Waals surface area contributed by atoms with Crippen LogP contribution in [-0.2, 0) is 9.53 Å². The minimum Gasteiger partial charge on any atom is -0.381 e. The fourth-order valence-corrected chi connectivity index (χ4v) is 3.94. The van der Waals surface area contributed by atoms with Crippen LogP contribution in [0.25, 0.3) is 0 Å². The van der Waals surface area contributed by atoms with E-state index in [2.05, 4.69) is 16.9 Å². The Morgan fingerprint density at radius 1 is 1.32 bits per heavy atom. The molecule has 0 aromatic rings. The Kier molecular flexibility index (Phi) is 5.98. The van der Waals surface area contributed by atoms with Gasteiger partial charge in [-0.1, -0.05) is 12.8 Å². The van der Waals surface area contributed by atoms with Gasteiger partial charge in [0.05, 0.1) is 6.54 Å². The van der Waals surface area contributed by atoms with E-state index >= 15 is 0 Å². The van der Waals surface area contributed by atoms with E-state index in [-0.39, 0.29) is 5.91 Å². The van der Waals surface area contributed by atoms with Crippen molar-refractivity contribution in [1.29, 1.82) is 0 Å². The van der Waals surface area contributed by atoms with Crippen LogP contribution >= 0.6 is 11.8 Å². The fourth-order valence-electron chi connectivity index (χ4n) is 3.00. The molecule has 2 N–H and O–H groups in total. The number of amides is 1. The third-order valence-corrected chi connectivity index (χ3v) is 5.69. The summed E-state index contributed by atoms with van der Waals surface area (Å²) in [7, 11) is 0. The summed E-state index contributed by atoms with van der Waals surface area (Å²) in [5.74, 6) is 0.126. The molecule has 1 heterocycles. The highest BCUT2D eigenvalue weighted by Gasteiger charge is 2.32. The number of thioether (sulfide) groups is 1. The maximum absolute atomic E-state index is 11.9. The minimum atomic E-state index is 0.126. The first-order chi connectivity index (χ1) is 9.24. The molecule has 2 fully saturated rings. The van der Waals surface area contributed by atoms with Gasteiger partial charge in [0.25, 0.3) is 0 Å². The zero-order valence-corrected chi connectivity index (χ0v) is 12.7. The molecule has 19 heavy (non-hydrogen) atoms. The molecule has 1 amide bonds. The number of nitrogens with one attached hydrogen (secondary N) is 2. The molecule has 2 rings (SSSR count). The molecule has 0 bridgehead atoms. The Bertz CT molecular complexity index is 287. The smallest absolute Gasteiger partial charge is 0.234 e. The zero-order chi connectivity index (χ0) is 13.6. The number of hydrogen-bond acceptors (Lipinski definition) is 4. The van der Waals surface area contributed by atoms with E-state index in [0.29, 0.717) is 17.3 Å². The van der Waals surface area contributed by atoms with Crippen molar-refractivity contribution in [3.63, 3.8) is 0 Å². The molecule has 0 spiro atoms. The van der Waals surface area contributed by atoms with Gasteiger partial charge in [-0.15, -0.1) is 0 Å². The topological polar surface area (TPSA) is 50.4 Å². The van der Waals surface area contributed by atoms with Gasteiger partial charge in [0.15, 0.2) is 0 Å². The van der Waals surface area contributed by atoms with E-state index in [9.17, 15) is 4.79 Å². The Hall–Kier alpha value is -0.260. The Labute approximate surface area is 120 Å². The molecule has 0 atom stereocenters. The summed E-state index contributed by atoms with van der Waals surface area (Å²) < 4.78 is 5.66. The lowest BCUT2D eigenvalue weighted by atomic mass is 10.1. The fraction of sp³-hybridized carbons (Fsp3) is 0.929. The first-order valence-corrected chi connectivity index (χ1v) is 8.60. The quantitative estimate of drug-likeness (QED) is 0.778. The number of hydrogen-bond donors (Lipinski definition) is 2. The summed E-state index contributed by atoms with van der Waals surface area (Å²) in [6.07, 6.45) is 9.30. The Morgan fingerprint density at radius 2 is 2.00 bits per heavy atom. The molecular weight excluding hydrogens is 260 g/mol. The zero-order valence-electron chi connectivity index (χ0n) is 11.9. The summed E-state index contributed by atoms with van der Waals surface area (Å²) in [6.45, 7) is 2.94. The van der Waals surface area contributed by atoms with Crippen molar-refractivity contribution in [2.75, 3.05) is 32.6 Å². The molecule has 0 aromatic heterocycles. The molecular formula is C14H26N2O2S. The average Bonchev–Trinajstić information content (AvgIpc) is 2.89. The largest absolute Gasteiger partial charge is 0.381 e. The van der Waals surface area contributed by atoms with Gasteiger partial charge in [0.2, 0.25) is 5.91 Å². The van der Waals surface area contributed by atoms with Gasteiger partial charge in [-0.05, 0) is 31.9 Å². The van der Waals surface area contributed by atoms with Crippen molar-refractivity contribution >= 4 is 17.7 Å². The van der Waals surface area contributed by atoms with E-state index in [4.69, 9.17) is 4.74 Å². The summed E-state index contributed by atoms with van der Waals surface area (Å²) >= 11 is 1.96. The average molecular weight is 286 g/mol. The van der Waals surface area contributed by atoms with E-state index < -0.39 is 0 Å². The number of carbonyl (C=O) groups excluding carboxylic acids is 1. The van der Waals surface area contributed by atoms with Crippen molar-refractivity contribution in [3.8, 4) is 0 Å². The highest BCUT2D eigenvalue weighted by molar-refractivity contribution is 8.00. The molecule has 110 valence electrons. The molecule has 4 nitrogen and oxygen atoms in total. The first kappa shape index (κ1) is 15.1. The van der Waals surface area contributed by atoms with Crippen LogP contribution in [0.5, 0.6) is 0 Å². The van der Waals surface area contributed by atoms with Crippen molar-refractivity contribution in [1.82, 2.24) is 10.6 Å². The second-order valence-corrected chi connectivity index (χ2v) is 6.93. The van der Waals surface area contributed by atoms with Crippen LogP contribution in [0.4, 0.5) is 0 Å². The molecule has 2 aliphatic rings. The predicted octanol–water partition coefficient (Wildman–Crippen LogP) is 1.55. The molecule has 0 radical (unpaired) electrons. The maximum Gasteiger partial charge on any atom is 0.234 e. The SMILES string of the molecule is CSC1(CNCC(=O)NC2CCOCC2)CCCC1. The minimum absolute atomic E-state index is 0.126. The van der Waals surface area contributed by atoms with Crippen LogP contribution in [0.2, 0.25) is 0 Å². The molecule has 1 aliphatic heterocycles. The van der Waals surface area contributed by atoms with E-state index in [1.165, 1.54) is 25.7 Å². The van der Waals surface area contributed by atoms with Crippen LogP contribution < -0.4 is 10.6 Å². The predicted molar refractivity (Wildman–Crippen MR) is 79.6 cm³/mol. The Morgan fingerprint density at radius 3 is 2.63 bits per heavy atom. The van der Waals surface area contributed by atoms with E-state index in [1.807, 2.05) is 11.8 Å². The van der Waals surface area contributed by atoms with Crippen molar-refractivity contribution in [2.45, 2.75) is 49.3 Å². The lowest BCUT2D eigenvalue weighted by Gasteiger charge is -2.27. The Balaban J connectivity index is 1.63. The molecule has 5 heteroatoms. The van der Waals surface area contributed by atoms with Gasteiger partial charge < -0.3 is 15.4 Å². The molecule has 0 aromatic carbocycles. The third kappa shape index (κ3) is 4.65. The third-order valence-electron chi connectivity index (χ3n) is 4.27. The normalized spacial score (nSPS) is 23.4. The van der Waals surface area contributed by atoms with Gasteiger partial charge in [-0.25, -0.2) is 0 Å². The standard InChI is InChI=1S/C14H26N2O2S/c1-19-14(6-2-3-7-14)11-15-10-13(17)16-12-4-8-18-9-5-12/h12,15H,2-11H2,1H3,(H,16,17). The monoisotopic (exact) mass is 286 g/mol. The van der Waals surface area contributed by atoms with Crippen molar-refractivity contribution < 1.29 is 9.53 Å². The van der Waals surface area contributed by atoms with Crippen molar-refractivity contribution in [2.24, 2.45) is 0 Å². The number of carbonyl (C=O) groups is 1. The molecule has 1 saturated carbocycles. The van der Waals surface area contributed by atoms with Gasteiger partial charge in [-0.3, -0.25) is 4.79 Å². The van der Waals surface area contributed by atoms with Crippen LogP contribution in [0.15, 0.2) is 0 Å². The lowest BCUT2D eigenvalue weighted by Crippen LogP contribution is -2.45. The van der Waals surface area contributed by atoms with E-state index in [0.717, 1.165) is 32.6 Å². The van der Waals surface area contributed by atoms with Crippen LogP contribution in [0.1, 0.15) is 38.5 Å². The molecule has 1 saturated heterocycles. The first-order valence-electron chi connectivity index (χ1n) is 7.37. The van der Waals surface area contributed by atoms with E-state index in [1.54, 1.807) is 0 Å². The van der Waals surface area contributed by atoms with Crippen LogP contribution in [0.3, 0.4) is 0 Å². The van der Waals surface area contributed by atoms with Crippen LogP contribution in [0, 0.1) is 0 Å². The summed E-state index contributed by atoms with van der Waals surface area (Å²) in [6, 6.07) is 0.309. The van der Waals surface area contributed by atoms with Crippen LogP contribution in [-0.4, -0.2) is 49.3 Å². The highest BCUT2D eigenvalue weighted by atomic mass is 32.2. The van der Waals surface area contributed by atoms with Gasteiger partial charge in [-0.2, -0.15) is 11.8 Å². The highest BCUT2D eigenvalue weighted by Crippen LogP contribution is 2.39. The van der Waals surface area contributed by atoms with Crippen molar-refractivity contribution in [3.05, 3.63) is 0 Å². The summed E-state index contributed by atoms with van der Waals surface area (Å²) in [4.78, 5) is 11.9. The number of rotatable bonds is 6. The molecule has 0 unspecified atom stereocenters. The number of ether oxygens (including phenoxy) is 1. The second kappa shape index (κ2) is 7.50. The lowest BCUT2D eigenvalue weighted by molar-refractivity contribution is -0.121. The van der Waals surface area contributed by atoms with Gasteiger partial charge >= 0.3 is 0 Å². The molecule has 1 aliphatic carbocycles. The second-order valence-electron chi connectivity index (χ2n) is 5.65. The summed E-state index contributed by atoms with van der Waals surface area (Å²) in [5.41, 5.74) is 0.